The maximum absolute atomic E-state index is 13.3. The minimum atomic E-state index is -0.257. The van der Waals surface area contributed by atoms with Crippen molar-refractivity contribution in [2.75, 3.05) is 6.54 Å². The Kier molecular flexibility index (Phi) is 4.93. The molecule has 19 heavy (non-hydrogen) atoms. The molecule has 0 fully saturated rings. The fraction of sp³-hybridized carbons (Fsp3) is 0.200. The number of ether oxygens (including phenoxy) is 1. The smallest absolute Gasteiger partial charge is 0.141 e. The fourth-order valence-corrected chi connectivity index (χ4v) is 2.06. The average Bonchev–Trinajstić information content (AvgIpc) is 2.41. The summed E-state index contributed by atoms with van der Waals surface area (Å²) in [5.41, 5.74) is 0.803. The van der Waals surface area contributed by atoms with E-state index >= 15 is 0 Å². The van der Waals surface area contributed by atoms with Gasteiger partial charge in [-0.1, -0.05) is 19.1 Å². The zero-order valence-corrected chi connectivity index (χ0v) is 12.2. The summed E-state index contributed by atoms with van der Waals surface area (Å²) >= 11 is 3.43. The second kappa shape index (κ2) is 6.68. The summed E-state index contributed by atoms with van der Waals surface area (Å²) in [5, 5.41) is 3.17. The van der Waals surface area contributed by atoms with Gasteiger partial charge < -0.3 is 10.1 Å². The second-order valence-electron chi connectivity index (χ2n) is 4.06. The van der Waals surface area contributed by atoms with Crippen LogP contribution < -0.4 is 10.1 Å². The van der Waals surface area contributed by atoms with Crippen LogP contribution in [0.4, 0.5) is 4.39 Å². The molecule has 0 spiro atoms. The molecule has 2 aromatic rings. The number of nitrogens with one attached hydrogen (secondary N) is 1. The zero-order valence-electron chi connectivity index (χ0n) is 10.6. The monoisotopic (exact) mass is 323 g/mol. The topological polar surface area (TPSA) is 21.3 Å². The predicted molar refractivity (Wildman–Crippen MR) is 78.0 cm³/mol. The van der Waals surface area contributed by atoms with Gasteiger partial charge in [0.15, 0.2) is 0 Å². The molecule has 0 aromatic heterocycles. The van der Waals surface area contributed by atoms with Crippen LogP contribution in [0.15, 0.2) is 46.9 Å². The molecule has 0 aliphatic carbocycles. The SMILES string of the molecule is CCNCc1cc(F)ccc1Oc1ccccc1Br. The van der Waals surface area contributed by atoms with Crippen molar-refractivity contribution in [2.24, 2.45) is 0 Å². The number of benzene rings is 2. The standard InChI is InChI=1S/C15H15BrFNO/c1-2-18-10-11-9-12(17)7-8-14(11)19-15-6-4-3-5-13(15)16/h3-9,18H,2,10H2,1H3. The summed E-state index contributed by atoms with van der Waals surface area (Å²) in [6, 6.07) is 12.1. The van der Waals surface area contributed by atoms with Crippen LogP contribution >= 0.6 is 15.9 Å². The molecule has 0 amide bonds. The first-order valence-electron chi connectivity index (χ1n) is 6.12. The lowest BCUT2D eigenvalue weighted by Gasteiger charge is -2.12. The first kappa shape index (κ1) is 14.0. The van der Waals surface area contributed by atoms with Crippen molar-refractivity contribution in [1.82, 2.24) is 5.32 Å². The van der Waals surface area contributed by atoms with Gasteiger partial charge in [-0.2, -0.15) is 0 Å². The van der Waals surface area contributed by atoms with Crippen LogP contribution in [-0.4, -0.2) is 6.54 Å². The Labute approximate surface area is 120 Å². The Hall–Kier alpha value is -1.39. The summed E-state index contributed by atoms with van der Waals surface area (Å²) < 4.78 is 20.0. The Morgan fingerprint density at radius 3 is 2.68 bits per heavy atom. The molecule has 0 saturated heterocycles. The third-order valence-electron chi connectivity index (χ3n) is 2.64. The van der Waals surface area contributed by atoms with E-state index in [-0.39, 0.29) is 5.82 Å². The van der Waals surface area contributed by atoms with Crippen LogP contribution in [-0.2, 0) is 6.54 Å². The van der Waals surface area contributed by atoms with Crippen molar-refractivity contribution in [2.45, 2.75) is 13.5 Å². The lowest BCUT2D eigenvalue weighted by Crippen LogP contribution is -2.12. The molecule has 0 bridgehead atoms. The molecule has 0 atom stereocenters. The van der Waals surface area contributed by atoms with Gasteiger partial charge in [0, 0.05) is 12.1 Å². The molecular formula is C15H15BrFNO. The lowest BCUT2D eigenvalue weighted by atomic mass is 10.2. The van der Waals surface area contributed by atoms with E-state index in [9.17, 15) is 4.39 Å². The highest BCUT2D eigenvalue weighted by Gasteiger charge is 2.08. The molecular weight excluding hydrogens is 309 g/mol. The summed E-state index contributed by atoms with van der Waals surface area (Å²) in [4.78, 5) is 0. The fourth-order valence-electron chi connectivity index (χ4n) is 1.69. The Bertz CT molecular complexity index is 560. The highest BCUT2D eigenvalue weighted by atomic mass is 79.9. The maximum atomic E-state index is 13.3. The van der Waals surface area contributed by atoms with Crippen LogP contribution in [0.1, 0.15) is 12.5 Å². The van der Waals surface area contributed by atoms with Gasteiger partial charge in [0.05, 0.1) is 4.47 Å². The van der Waals surface area contributed by atoms with Gasteiger partial charge in [-0.25, -0.2) is 4.39 Å². The van der Waals surface area contributed by atoms with Crippen molar-refractivity contribution >= 4 is 15.9 Å². The molecule has 2 aromatic carbocycles. The first-order chi connectivity index (χ1) is 9.20. The molecule has 0 radical (unpaired) electrons. The van der Waals surface area contributed by atoms with Crippen molar-refractivity contribution in [3.63, 3.8) is 0 Å². The second-order valence-corrected chi connectivity index (χ2v) is 4.92. The normalized spacial score (nSPS) is 10.5. The quantitative estimate of drug-likeness (QED) is 0.875. The van der Waals surface area contributed by atoms with E-state index < -0.39 is 0 Å². The van der Waals surface area contributed by atoms with Crippen LogP contribution in [0.2, 0.25) is 0 Å². The van der Waals surface area contributed by atoms with Gasteiger partial charge in [0.2, 0.25) is 0 Å². The van der Waals surface area contributed by atoms with Gasteiger partial charge in [-0.3, -0.25) is 0 Å². The molecule has 2 nitrogen and oxygen atoms in total. The van der Waals surface area contributed by atoms with Gasteiger partial charge in [0.25, 0.3) is 0 Å². The van der Waals surface area contributed by atoms with E-state index in [4.69, 9.17) is 4.74 Å². The predicted octanol–water partition coefficient (Wildman–Crippen LogP) is 4.49. The van der Waals surface area contributed by atoms with Crippen molar-refractivity contribution in [3.05, 3.63) is 58.3 Å². The Morgan fingerprint density at radius 2 is 1.95 bits per heavy atom. The Balaban J connectivity index is 2.26. The largest absolute Gasteiger partial charge is 0.456 e. The molecule has 100 valence electrons. The van der Waals surface area contributed by atoms with E-state index in [1.807, 2.05) is 31.2 Å². The molecule has 0 aliphatic heterocycles. The number of para-hydroxylation sites is 1. The van der Waals surface area contributed by atoms with E-state index in [1.165, 1.54) is 12.1 Å². The minimum absolute atomic E-state index is 0.257. The first-order valence-corrected chi connectivity index (χ1v) is 6.91. The highest BCUT2D eigenvalue weighted by molar-refractivity contribution is 9.10. The number of hydrogen-bond acceptors (Lipinski definition) is 2. The molecule has 0 saturated carbocycles. The number of hydrogen-bond donors (Lipinski definition) is 1. The average molecular weight is 324 g/mol. The van der Waals surface area contributed by atoms with Crippen LogP contribution in [0.3, 0.4) is 0 Å². The number of halogens is 2. The molecule has 4 heteroatoms. The summed E-state index contributed by atoms with van der Waals surface area (Å²) in [5.74, 6) is 1.12. The van der Waals surface area contributed by atoms with Crippen LogP contribution in [0.5, 0.6) is 11.5 Å². The summed E-state index contributed by atoms with van der Waals surface area (Å²) in [6.07, 6.45) is 0. The van der Waals surface area contributed by atoms with E-state index in [0.717, 1.165) is 16.6 Å². The van der Waals surface area contributed by atoms with E-state index in [2.05, 4.69) is 21.2 Å². The van der Waals surface area contributed by atoms with Crippen molar-refractivity contribution in [3.8, 4) is 11.5 Å². The van der Waals surface area contributed by atoms with Crippen LogP contribution in [0.25, 0.3) is 0 Å². The lowest BCUT2D eigenvalue weighted by molar-refractivity contribution is 0.468. The van der Waals surface area contributed by atoms with Gasteiger partial charge in [0.1, 0.15) is 17.3 Å². The molecule has 0 heterocycles. The van der Waals surface area contributed by atoms with E-state index in [0.29, 0.717) is 18.0 Å². The highest BCUT2D eigenvalue weighted by Crippen LogP contribution is 2.31. The van der Waals surface area contributed by atoms with E-state index in [1.54, 1.807) is 6.07 Å². The minimum Gasteiger partial charge on any atom is -0.456 e. The Morgan fingerprint density at radius 1 is 1.16 bits per heavy atom. The molecule has 2 rings (SSSR count). The molecule has 0 unspecified atom stereocenters. The molecule has 1 N–H and O–H groups in total. The van der Waals surface area contributed by atoms with Crippen LogP contribution in [0, 0.1) is 5.82 Å². The van der Waals surface area contributed by atoms with Crippen molar-refractivity contribution in [1.29, 1.82) is 0 Å². The summed E-state index contributed by atoms with van der Waals surface area (Å²) in [7, 11) is 0. The third kappa shape index (κ3) is 3.78. The van der Waals surface area contributed by atoms with Gasteiger partial charge in [-0.15, -0.1) is 0 Å². The maximum Gasteiger partial charge on any atom is 0.141 e. The molecule has 0 aliphatic rings. The van der Waals surface area contributed by atoms with Gasteiger partial charge in [-0.05, 0) is 52.8 Å². The van der Waals surface area contributed by atoms with Crippen molar-refractivity contribution < 1.29 is 9.13 Å². The third-order valence-corrected chi connectivity index (χ3v) is 3.30. The van der Waals surface area contributed by atoms with Gasteiger partial charge >= 0.3 is 0 Å². The number of rotatable bonds is 5. The summed E-state index contributed by atoms with van der Waals surface area (Å²) in [6.45, 7) is 3.41. The zero-order chi connectivity index (χ0) is 13.7.